The summed E-state index contributed by atoms with van der Waals surface area (Å²) < 4.78 is 5.97. The lowest BCUT2D eigenvalue weighted by Crippen LogP contribution is -2.59. The highest BCUT2D eigenvalue weighted by atomic mass is 16.5. The molecule has 3 rings (SSSR count). The van der Waals surface area contributed by atoms with E-state index in [1.54, 1.807) is 38.1 Å². The number of hydrogen-bond acceptors (Lipinski definition) is 4. The number of carboxylic acids is 1. The Morgan fingerprint density at radius 3 is 2.43 bits per heavy atom. The number of rotatable bonds is 6. The molecule has 5 atom stereocenters. The molecule has 5 nitrogen and oxygen atoms in total. The molecule has 2 saturated carbocycles. The Morgan fingerprint density at radius 2 is 1.83 bits per heavy atom. The van der Waals surface area contributed by atoms with Crippen LogP contribution in [-0.2, 0) is 14.3 Å². The van der Waals surface area contributed by atoms with Crippen LogP contribution in [0.5, 0.6) is 0 Å². The molecule has 162 valence electrons. The van der Waals surface area contributed by atoms with Crippen LogP contribution in [0.2, 0.25) is 0 Å². The first kappa shape index (κ1) is 22.3. The molecule has 0 heterocycles. The van der Waals surface area contributed by atoms with Crippen molar-refractivity contribution in [3.05, 3.63) is 48.0 Å². The van der Waals surface area contributed by atoms with Gasteiger partial charge in [-0.15, -0.1) is 0 Å². The molecule has 0 spiro atoms. The van der Waals surface area contributed by atoms with E-state index in [1.165, 1.54) is 0 Å². The van der Waals surface area contributed by atoms with Gasteiger partial charge >= 0.3 is 11.9 Å². The summed E-state index contributed by atoms with van der Waals surface area (Å²) in [5.41, 5.74) is 0.0218. The quantitative estimate of drug-likeness (QED) is 0.522. The Morgan fingerprint density at radius 1 is 1.17 bits per heavy atom. The van der Waals surface area contributed by atoms with Crippen molar-refractivity contribution in [2.45, 2.75) is 65.4 Å². The normalized spacial score (nSPS) is 33.4. The van der Waals surface area contributed by atoms with Crippen LogP contribution in [0.25, 0.3) is 0 Å². The number of esters is 1. The first-order chi connectivity index (χ1) is 14.1. The molecule has 1 aromatic carbocycles. The zero-order valence-electron chi connectivity index (χ0n) is 18.1. The number of benzene rings is 1. The van der Waals surface area contributed by atoms with Crippen molar-refractivity contribution in [3.8, 4) is 0 Å². The highest BCUT2D eigenvalue weighted by molar-refractivity contribution is 5.89. The summed E-state index contributed by atoms with van der Waals surface area (Å²) in [6.07, 6.45) is 3.17. The summed E-state index contributed by atoms with van der Waals surface area (Å²) in [6.45, 7) is 9.76. The highest BCUT2D eigenvalue weighted by Crippen LogP contribution is 2.62. The molecule has 0 saturated heterocycles. The molecule has 0 amide bonds. The summed E-state index contributed by atoms with van der Waals surface area (Å²) in [5.74, 6) is -1.46. The van der Waals surface area contributed by atoms with Gasteiger partial charge in [-0.1, -0.05) is 43.7 Å². The minimum atomic E-state index is -0.996. The van der Waals surface area contributed by atoms with Gasteiger partial charge in [0.1, 0.15) is 11.9 Å². The maximum Gasteiger partial charge on any atom is 0.338 e. The van der Waals surface area contributed by atoms with E-state index in [0.29, 0.717) is 31.2 Å². The van der Waals surface area contributed by atoms with Crippen molar-refractivity contribution in [1.82, 2.24) is 0 Å². The first-order valence-electron chi connectivity index (χ1n) is 10.8. The number of hydrogen-bond donors (Lipinski definition) is 1. The second kappa shape index (κ2) is 8.37. The number of carbonyl (C=O) groups is 3. The largest absolute Gasteiger partial charge is 0.481 e. The summed E-state index contributed by atoms with van der Waals surface area (Å²) in [6, 6.07) is 8.79. The van der Waals surface area contributed by atoms with Crippen LogP contribution < -0.4 is 0 Å². The molecule has 5 heteroatoms. The van der Waals surface area contributed by atoms with Crippen LogP contribution in [0.3, 0.4) is 0 Å². The van der Waals surface area contributed by atoms with Crippen molar-refractivity contribution in [1.29, 1.82) is 0 Å². The van der Waals surface area contributed by atoms with Crippen LogP contribution in [0.1, 0.15) is 69.7 Å². The van der Waals surface area contributed by atoms with Gasteiger partial charge in [0.15, 0.2) is 0 Å². The highest BCUT2D eigenvalue weighted by Gasteiger charge is 2.62. The number of carboxylic acid groups (broad SMARTS) is 1. The number of Topliss-reactive ketones (excluding diaryl/α,β-unsaturated/α-hetero) is 1. The minimum absolute atomic E-state index is 0.0389. The number of fused-ring (bicyclic) bond motifs is 1. The fourth-order valence-electron chi connectivity index (χ4n) is 6.10. The van der Waals surface area contributed by atoms with Crippen molar-refractivity contribution in [3.63, 3.8) is 0 Å². The van der Waals surface area contributed by atoms with Gasteiger partial charge in [-0.25, -0.2) is 4.79 Å². The molecule has 0 bridgehead atoms. The van der Waals surface area contributed by atoms with Crippen LogP contribution in [0.4, 0.5) is 0 Å². The summed E-state index contributed by atoms with van der Waals surface area (Å²) in [7, 11) is 0. The average molecular weight is 413 g/mol. The zero-order chi connectivity index (χ0) is 22.1. The molecule has 1 aromatic rings. The molecule has 0 radical (unpaired) electrons. The molecule has 1 N–H and O–H groups in total. The van der Waals surface area contributed by atoms with Gasteiger partial charge in [-0.05, 0) is 56.6 Å². The van der Waals surface area contributed by atoms with Gasteiger partial charge in [0, 0.05) is 18.8 Å². The Kier molecular flexibility index (Phi) is 6.21. The van der Waals surface area contributed by atoms with Crippen LogP contribution in [0, 0.1) is 22.7 Å². The van der Waals surface area contributed by atoms with Crippen molar-refractivity contribution >= 4 is 17.7 Å². The Hall–Kier alpha value is -2.43. The second-order valence-corrected chi connectivity index (χ2v) is 9.53. The average Bonchev–Trinajstić information content (AvgIpc) is 2.67. The van der Waals surface area contributed by atoms with Gasteiger partial charge in [-0.3, -0.25) is 4.79 Å². The lowest BCUT2D eigenvalue weighted by atomic mass is 9.45. The van der Waals surface area contributed by atoms with Crippen molar-refractivity contribution in [2.24, 2.45) is 22.7 Å². The third-order valence-electron chi connectivity index (χ3n) is 7.47. The Bertz CT molecular complexity index is 844. The van der Waals surface area contributed by atoms with Gasteiger partial charge < -0.3 is 14.6 Å². The maximum absolute atomic E-state index is 12.8. The van der Waals surface area contributed by atoms with Gasteiger partial charge in [0.2, 0.25) is 0 Å². The van der Waals surface area contributed by atoms with Crippen molar-refractivity contribution < 1.29 is 24.2 Å². The Balaban J connectivity index is 1.99. The maximum atomic E-state index is 12.8. The van der Waals surface area contributed by atoms with E-state index < -0.39 is 28.9 Å². The van der Waals surface area contributed by atoms with Crippen molar-refractivity contribution in [2.75, 3.05) is 0 Å². The third kappa shape index (κ3) is 3.94. The molecule has 30 heavy (non-hydrogen) atoms. The van der Waals surface area contributed by atoms with Crippen LogP contribution in [-0.4, -0.2) is 28.9 Å². The number of ether oxygens (including phenoxy) is 1. The first-order valence-corrected chi connectivity index (χ1v) is 10.8. The molecule has 1 unspecified atom stereocenters. The molecule has 2 fully saturated rings. The summed E-state index contributed by atoms with van der Waals surface area (Å²) >= 11 is 0. The third-order valence-corrected chi connectivity index (χ3v) is 7.47. The van der Waals surface area contributed by atoms with Gasteiger partial charge in [0.25, 0.3) is 0 Å². The fourth-order valence-corrected chi connectivity index (χ4v) is 6.10. The van der Waals surface area contributed by atoms with Crippen LogP contribution in [0.15, 0.2) is 42.5 Å². The molecule has 0 aromatic heterocycles. The number of aliphatic carboxylic acids is 1. The van der Waals surface area contributed by atoms with E-state index in [1.807, 2.05) is 6.07 Å². The molecule has 0 aliphatic heterocycles. The topological polar surface area (TPSA) is 80.7 Å². The minimum Gasteiger partial charge on any atom is -0.481 e. The molecular formula is C25H32O5. The SMILES string of the molecule is C=C1C[C@@H](OC(=O)c2ccccc2)[C@H]2[C@](C)(C(=O)O)CCC[C@]2(C)C1CCC(C)=O. The molecule has 2 aliphatic carbocycles. The second-order valence-electron chi connectivity index (χ2n) is 9.53. The summed E-state index contributed by atoms with van der Waals surface area (Å²) in [4.78, 5) is 36.9. The van der Waals surface area contributed by atoms with E-state index in [9.17, 15) is 19.5 Å². The molecule has 2 aliphatic rings. The van der Waals surface area contributed by atoms with E-state index >= 15 is 0 Å². The van der Waals surface area contributed by atoms with E-state index in [0.717, 1.165) is 18.4 Å². The van der Waals surface area contributed by atoms with Gasteiger partial charge in [0.05, 0.1) is 11.0 Å². The lowest BCUT2D eigenvalue weighted by Gasteiger charge is -2.59. The smallest absolute Gasteiger partial charge is 0.338 e. The fraction of sp³-hybridized carbons (Fsp3) is 0.560. The number of carbonyl (C=O) groups excluding carboxylic acids is 2. The zero-order valence-corrected chi connectivity index (χ0v) is 18.1. The predicted molar refractivity (Wildman–Crippen MR) is 114 cm³/mol. The Labute approximate surface area is 178 Å². The number of ketones is 1. The summed E-state index contributed by atoms with van der Waals surface area (Å²) in [5, 5.41) is 10.2. The molecular weight excluding hydrogens is 380 g/mol. The van der Waals surface area contributed by atoms with E-state index in [4.69, 9.17) is 4.74 Å². The predicted octanol–water partition coefficient (Wildman–Crippen LogP) is 5.05. The monoisotopic (exact) mass is 412 g/mol. The van der Waals surface area contributed by atoms with E-state index in [2.05, 4.69) is 13.5 Å². The standard InChI is InChI=1S/C25H32O5/c1-16-15-20(30-22(27)18-9-6-5-7-10-18)21-24(3,19(16)12-11-17(2)26)13-8-14-25(21,4)23(28)29/h5-7,9-10,19-21H,1,8,11-15H2,2-4H3,(H,28,29)/t19?,20-,21-,24-,25-/m1/s1. The lowest BCUT2D eigenvalue weighted by molar-refractivity contribution is -0.177. The van der Waals surface area contributed by atoms with E-state index in [-0.39, 0.29) is 17.6 Å². The van der Waals surface area contributed by atoms with Crippen LogP contribution >= 0.6 is 0 Å². The van der Waals surface area contributed by atoms with Gasteiger partial charge in [-0.2, -0.15) is 0 Å².